The number of likely N-dealkylation sites (tertiary alicyclic amines) is 1. The van der Waals surface area contributed by atoms with Gasteiger partial charge in [-0.2, -0.15) is 0 Å². The highest BCUT2D eigenvalue weighted by Crippen LogP contribution is 2.30. The average Bonchev–Trinajstić information content (AvgIpc) is 3.42. The minimum Gasteiger partial charge on any atom is -0.497 e. The minimum atomic E-state index is -0.457. The number of carbonyl (C=O) groups is 2. The van der Waals surface area contributed by atoms with Crippen LogP contribution in [0.1, 0.15) is 28.3 Å². The van der Waals surface area contributed by atoms with E-state index in [1.165, 1.54) is 5.56 Å². The van der Waals surface area contributed by atoms with E-state index in [9.17, 15) is 9.59 Å². The third kappa shape index (κ3) is 4.83. The molecule has 3 aromatic rings. The van der Waals surface area contributed by atoms with Crippen LogP contribution < -0.4 is 10.1 Å². The highest BCUT2D eigenvalue weighted by molar-refractivity contribution is 7.12. The number of anilines is 1. The minimum absolute atomic E-state index is 0.0330. The van der Waals surface area contributed by atoms with E-state index >= 15 is 0 Å². The van der Waals surface area contributed by atoms with Crippen molar-refractivity contribution in [2.24, 2.45) is 0 Å². The quantitative estimate of drug-likeness (QED) is 0.597. The molecule has 7 heteroatoms. The zero-order valence-electron chi connectivity index (χ0n) is 18.6. The van der Waals surface area contributed by atoms with Crippen molar-refractivity contribution < 1.29 is 14.3 Å². The number of methoxy groups -OCH3 is 1. The first-order valence-electron chi connectivity index (χ1n) is 10.7. The Morgan fingerprint density at radius 1 is 1.12 bits per heavy atom. The summed E-state index contributed by atoms with van der Waals surface area (Å²) in [6.07, 6.45) is 1.74. The monoisotopic (exact) mass is 449 g/mol. The molecule has 1 aliphatic heterocycles. The lowest BCUT2D eigenvalue weighted by atomic mass is 10.1. The lowest BCUT2D eigenvalue weighted by Gasteiger charge is -2.24. The van der Waals surface area contributed by atoms with E-state index in [1.54, 1.807) is 47.6 Å². The van der Waals surface area contributed by atoms with E-state index in [1.807, 2.05) is 26.0 Å². The van der Waals surface area contributed by atoms with Gasteiger partial charge >= 0.3 is 0 Å². The summed E-state index contributed by atoms with van der Waals surface area (Å²) in [5.74, 6) is 0.541. The second kappa shape index (κ2) is 9.53. The van der Waals surface area contributed by atoms with E-state index < -0.39 is 6.04 Å². The van der Waals surface area contributed by atoms with Crippen LogP contribution in [0.3, 0.4) is 0 Å². The van der Waals surface area contributed by atoms with E-state index in [-0.39, 0.29) is 18.2 Å². The van der Waals surface area contributed by atoms with Gasteiger partial charge in [-0.15, -0.1) is 11.3 Å². The molecular formula is C25H27N3O3S. The number of carbonyl (C=O) groups excluding carboxylic acids is 2. The number of aromatic nitrogens is 1. The van der Waals surface area contributed by atoms with Crippen molar-refractivity contribution >= 4 is 28.8 Å². The number of hydrogen-bond acceptors (Lipinski definition) is 5. The molecule has 0 saturated carbocycles. The number of aryl methyl sites for hydroxylation is 2. The van der Waals surface area contributed by atoms with Crippen LogP contribution in [0.2, 0.25) is 0 Å². The third-order valence-corrected chi connectivity index (χ3v) is 6.65. The summed E-state index contributed by atoms with van der Waals surface area (Å²) in [4.78, 5) is 33.5. The summed E-state index contributed by atoms with van der Waals surface area (Å²) in [6, 6.07) is 14.9. The van der Waals surface area contributed by atoms with Crippen molar-refractivity contribution in [3.05, 3.63) is 64.0 Å². The number of hydrogen-bond donors (Lipinski definition) is 1. The topological polar surface area (TPSA) is 71.5 Å². The Hall–Kier alpha value is -3.19. The molecule has 1 aliphatic rings. The highest BCUT2D eigenvalue weighted by Gasteiger charge is 2.34. The van der Waals surface area contributed by atoms with Gasteiger partial charge in [0, 0.05) is 22.7 Å². The first-order valence-corrected chi connectivity index (χ1v) is 11.5. The van der Waals surface area contributed by atoms with Crippen LogP contribution in [-0.4, -0.2) is 41.4 Å². The Labute approximate surface area is 192 Å². The summed E-state index contributed by atoms with van der Waals surface area (Å²) in [5, 5.41) is 3.86. The lowest BCUT2D eigenvalue weighted by Crippen LogP contribution is -2.43. The fourth-order valence-electron chi connectivity index (χ4n) is 4.00. The smallest absolute Gasteiger partial charge is 0.247 e. The maximum atomic E-state index is 13.2. The van der Waals surface area contributed by atoms with Crippen LogP contribution in [0, 0.1) is 13.8 Å². The molecule has 1 N–H and O–H groups in total. The number of rotatable bonds is 6. The fourth-order valence-corrected chi connectivity index (χ4v) is 4.95. The molecular weight excluding hydrogens is 422 g/mol. The van der Waals surface area contributed by atoms with Crippen LogP contribution in [0.4, 0.5) is 5.69 Å². The number of thiazole rings is 1. The first-order chi connectivity index (χ1) is 15.4. The molecule has 1 fully saturated rings. The summed E-state index contributed by atoms with van der Waals surface area (Å²) in [6.45, 7) is 4.60. The van der Waals surface area contributed by atoms with Gasteiger partial charge in [0.2, 0.25) is 11.8 Å². The number of nitrogens with zero attached hydrogens (tertiary/aromatic N) is 2. The average molecular weight is 450 g/mol. The van der Waals surface area contributed by atoms with E-state index in [0.717, 1.165) is 33.3 Å². The van der Waals surface area contributed by atoms with E-state index in [0.29, 0.717) is 18.7 Å². The van der Waals surface area contributed by atoms with Crippen LogP contribution >= 0.6 is 11.3 Å². The molecule has 1 atom stereocenters. The molecule has 0 aliphatic carbocycles. The predicted molar refractivity (Wildman–Crippen MR) is 127 cm³/mol. The van der Waals surface area contributed by atoms with Gasteiger partial charge in [0.05, 0.1) is 24.2 Å². The Kier molecular flexibility index (Phi) is 6.55. The molecule has 2 heterocycles. The lowest BCUT2D eigenvalue weighted by molar-refractivity contribution is -0.136. The van der Waals surface area contributed by atoms with Crippen molar-refractivity contribution in [3.8, 4) is 17.0 Å². The highest BCUT2D eigenvalue weighted by atomic mass is 32.1. The van der Waals surface area contributed by atoms with Crippen molar-refractivity contribution in [1.29, 1.82) is 0 Å². The molecule has 6 nitrogen and oxygen atoms in total. The predicted octanol–water partition coefficient (Wildman–Crippen LogP) is 4.61. The van der Waals surface area contributed by atoms with Gasteiger partial charge in [-0.1, -0.05) is 29.8 Å². The molecule has 166 valence electrons. The van der Waals surface area contributed by atoms with Crippen LogP contribution in [0.15, 0.2) is 48.5 Å². The summed E-state index contributed by atoms with van der Waals surface area (Å²) in [5.41, 5.74) is 3.74. The summed E-state index contributed by atoms with van der Waals surface area (Å²) < 4.78 is 5.16. The van der Waals surface area contributed by atoms with Crippen molar-refractivity contribution in [2.75, 3.05) is 19.0 Å². The van der Waals surface area contributed by atoms with Gasteiger partial charge in [0.15, 0.2) is 0 Å². The van der Waals surface area contributed by atoms with Crippen molar-refractivity contribution in [2.45, 2.75) is 39.2 Å². The zero-order chi connectivity index (χ0) is 22.7. The van der Waals surface area contributed by atoms with Gasteiger partial charge in [-0.25, -0.2) is 4.98 Å². The molecule has 2 amide bonds. The summed E-state index contributed by atoms with van der Waals surface area (Å²) in [7, 11) is 1.60. The van der Waals surface area contributed by atoms with Gasteiger partial charge in [-0.3, -0.25) is 9.59 Å². The molecule has 1 saturated heterocycles. The number of amides is 2. The number of benzene rings is 2. The molecule has 0 bridgehead atoms. The fraction of sp³-hybridized carbons (Fsp3) is 0.320. The van der Waals surface area contributed by atoms with Crippen molar-refractivity contribution in [3.63, 3.8) is 0 Å². The maximum Gasteiger partial charge on any atom is 0.247 e. The molecule has 32 heavy (non-hydrogen) atoms. The largest absolute Gasteiger partial charge is 0.497 e. The Morgan fingerprint density at radius 3 is 2.53 bits per heavy atom. The van der Waals surface area contributed by atoms with Gasteiger partial charge in [-0.05, 0) is 51.0 Å². The maximum absolute atomic E-state index is 13.2. The van der Waals surface area contributed by atoms with Crippen molar-refractivity contribution in [1.82, 2.24) is 9.88 Å². The zero-order valence-corrected chi connectivity index (χ0v) is 19.4. The molecule has 2 aromatic carbocycles. The van der Waals surface area contributed by atoms with Gasteiger partial charge < -0.3 is 15.0 Å². The number of nitrogens with one attached hydrogen (secondary N) is 1. The van der Waals surface area contributed by atoms with Crippen LogP contribution in [0.25, 0.3) is 11.3 Å². The SMILES string of the molecule is COc1ccc(NC(=O)C2CCCN2C(=O)Cc2sc(C)nc2-c2ccc(C)cc2)cc1. The second-order valence-electron chi connectivity index (χ2n) is 8.01. The normalized spacial score (nSPS) is 15.6. The molecule has 1 unspecified atom stereocenters. The number of ether oxygens (including phenoxy) is 1. The Bertz CT molecular complexity index is 1110. The standard InChI is InChI=1S/C25H27N3O3S/c1-16-6-8-18(9-7-16)24-22(32-17(2)26-24)15-23(29)28-14-4-5-21(28)25(30)27-19-10-12-20(31-3)13-11-19/h6-13,21H,4-5,14-15H2,1-3H3,(H,27,30). The van der Waals surface area contributed by atoms with Gasteiger partial charge in [0.1, 0.15) is 11.8 Å². The Morgan fingerprint density at radius 2 is 1.84 bits per heavy atom. The van der Waals surface area contributed by atoms with E-state index in [4.69, 9.17) is 4.74 Å². The second-order valence-corrected chi connectivity index (χ2v) is 9.30. The summed E-state index contributed by atoms with van der Waals surface area (Å²) >= 11 is 1.55. The Balaban J connectivity index is 1.47. The molecule has 0 radical (unpaired) electrons. The molecule has 1 aromatic heterocycles. The van der Waals surface area contributed by atoms with E-state index in [2.05, 4.69) is 22.4 Å². The molecule has 4 rings (SSSR count). The molecule has 0 spiro atoms. The first kappa shape index (κ1) is 22.0. The van der Waals surface area contributed by atoms with Crippen LogP contribution in [0.5, 0.6) is 5.75 Å². The van der Waals surface area contributed by atoms with Gasteiger partial charge in [0.25, 0.3) is 0 Å². The third-order valence-electron chi connectivity index (χ3n) is 5.67. The van der Waals surface area contributed by atoms with Crippen LogP contribution in [-0.2, 0) is 16.0 Å².